The Morgan fingerprint density at radius 3 is 2.83 bits per heavy atom. The summed E-state index contributed by atoms with van der Waals surface area (Å²) in [5, 5.41) is 2.62. The SMILES string of the molecule is O=C(Cc1cccc(C(F)(F)F)c1F)NC1COc2ncccc21. The summed E-state index contributed by atoms with van der Waals surface area (Å²) in [6, 6.07) is 5.82. The molecule has 1 aliphatic heterocycles. The van der Waals surface area contributed by atoms with Crippen LogP contribution in [0.5, 0.6) is 5.88 Å². The number of halogens is 4. The number of amides is 1. The fourth-order valence-corrected chi connectivity index (χ4v) is 2.51. The molecule has 8 heteroatoms. The zero-order chi connectivity index (χ0) is 17.3. The minimum absolute atomic E-state index is 0.170. The van der Waals surface area contributed by atoms with Gasteiger partial charge in [-0.1, -0.05) is 12.1 Å². The van der Waals surface area contributed by atoms with Gasteiger partial charge in [-0.3, -0.25) is 4.79 Å². The fraction of sp³-hybridized carbons (Fsp3) is 0.250. The third-order valence-corrected chi connectivity index (χ3v) is 3.63. The maximum absolute atomic E-state index is 13.9. The number of fused-ring (bicyclic) bond motifs is 1. The van der Waals surface area contributed by atoms with Crippen LogP contribution in [0, 0.1) is 5.82 Å². The van der Waals surface area contributed by atoms with Gasteiger partial charge in [0.15, 0.2) is 0 Å². The molecule has 1 aliphatic rings. The van der Waals surface area contributed by atoms with Gasteiger partial charge in [0.2, 0.25) is 11.8 Å². The molecule has 1 aromatic heterocycles. The Kier molecular flexibility index (Phi) is 4.13. The summed E-state index contributed by atoms with van der Waals surface area (Å²) in [6.07, 6.45) is -3.76. The van der Waals surface area contributed by atoms with Crippen LogP contribution in [-0.2, 0) is 17.4 Å². The smallest absolute Gasteiger partial charge is 0.419 e. The quantitative estimate of drug-likeness (QED) is 0.874. The Hall–Kier alpha value is -2.64. The number of nitrogens with one attached hydrogen (secondary N) is 1. The van der Waals surface area contributed by atoms with Gasteiger partial charge in [-0.2, -0.15) is 13.2 Å². The van der Waals surface area contributed by atoms with E-state index in [1.807, 2.05) is 0 Å². The average Bonchev–Trinajstić information content (AvgIpc) is 2.91. The van der Waals surface area contributed by atoms with E-state index in [-0.39, 0.29) is 12.2 Å². The molecule has 0 bridgehead atoms. The monoisotopic (exact) mass is 340 g/mol. The van der Waals surface area contributed by atoms with Crippen molar-refractivity contribution in [2.75, 3.05) is 6.61 Å². The lowest BCUT2D eigenvalue weighted by atomic mass is 10.1. The van der Waals surface area contributed by atoms with E-state index >= 15 is 0 Å². The summed E-state index contributed by atoms with van der Waals surface area (Å²) in [5.74, 6) is -1.63. The second-order valence-electron chi connectivity index (χ2n) is 5.28. The van der Waals surface area contributed by atoms with Crippen molar-refractivity contribution >= 4 is 5.91 Å². The zero-order valence-corrected chi connectivity index (χ0v) is 12.2. The van der Waals surface area contributed by atoms with E-state index in [0.717, 1.165) is 12.1 Å². The van der Waals surface area contributed by atoms with Crippen LogP contribution in [0.15, 0.2) is 36.5 Å². The van der Waals surface area contributed by atoms with Crippen LogP contribution in [0.25, 0.3) is 0 Å². The minimum Gasteiger partial charge on any atom is -0.475 e. The summed E-state index contributed by atoms with van der Waals surface area (Å²) < 4.78 is 57.3. The zero-order valence-electron chi connectivity index (χ0n) is 12.2. The van der Waals surface area contributed by atoms with Gasteiger partial charge in [-0.05, 0) is 23.8 Å². The normalized spacial score (nSPS) is 16.4. The maximum Gasteiger partial charge on any atom is 0.419 e. The Morgan fingerprint density at radius 1 is 1.29 bits per heavy atom. The molecule has 1 amide bonds. The van der Waals surface area contributed by atoms with Crippen molar-refractivity contribution in [2.45, 2.75) is 18.6 Å². The van der Waals surface area contributed by atoms with E-state index in [1.54, 1.807) is 18.3 Å². The van der Waals surface area contributed by atoms with E-state index in [2.05, 4.69) is 10.3 Å². The molecule has 24 heavy (non-hydrogen) atoms. The highest BCUT2D eigenvalue weighted by Gasteiger charge is 2.35. The second kappa shape index (κ2) is 6.10. The molecule has 1 unspecified atom stereocenters. The predicted molar refractivity (Wildman–Crippen MR) is 75.7 cm³/mol. The van der Waals surface area contributed by atoms with Crippen LogP contribution in [0.3, 0.4) is 0 Å². The number of benzene rings is 1. The van der Waals surface area contributed by atoms with Gasteiger partial charge in [-0.15, -0.1) is 0 Å². The van der Waals surface area contributed by atoms with Crippen molar-refractivity contribution < 1.29 is 27.1 Å². The number of aromatic nitrogens is 1. The molecule has 0 saturated carbocycles. The van der Waals surface area contributed by atoms with Gasteiger partial charge in [0.05, 0.1) is 18.0 Å². The number of nitrogens with zero attached hydrogens (tertiary/aromatic N) is 1. The van der Waals surface area contributed by atoms with Crippen molar-refractivity contribution in [2.24, 2.45) is 0 Å². The molecule has 3 rings (SSSR count). The average molecular weight is 340 g/mol. The van der Waals surface area contributed by atoms with E-state index < -0.39 is 35.9 Å². The first kappa shape index (κ1) is 16.2. The molecular weight excluding hydrogens is 328 g/mol. The molecule has 4 nitrogen and oxygen atoms in total. The topological polar surface area (TPSA) is 51.2 Å². The van der Waals surface area contributed by atoms with Crippen molar-refractivity contribution in [3.8, 4) is 5.88 Å². The number of carbonyl (C=O) groups is 1. The Bertz CT molecular complexity index is 777. The number of hydrogen-bond donors (Lipinski definition) is 1. The molecule has 1 N–H and O–H groups in total. The number of ether oxygens (including phenoxy) is 1. The predicted octanol–water partition coefficient (Wildman–Crippen LogP) is 3.03. The Balaban J connectivity index is 1.73. The highest BCUT2D eigenvalue weighted by atomic mass is 19.4. The van der Waals surface area contributed by atoms with Crippen molar-refractivity contribution in [1.29, 1.82) is 0 Å². The van der Waals surface area contributed by atoms with Crippen LogP contribution in [0.2, 0.25) is 0 Å². The molecule has 0 fully saturated rings. The molecule has 0 spiro atoms. The van der Waals surface area contributed by atoms with Crippen LogP contribution in [-0.4, -0.2) is 17.5 Å². The van der Waals surface area contributed by atoms with Gasteiger partial charge in [0, 0.05) is 11.8 Å². The highest BCUT2D eigenvalue weighted by Crippen LogP contribution is 2.33. The number of rotatable bonds is 3. The van der Waals surface area contributed by atoms with Gasteiger partial charge in [-0.25, -0.2) is 9.37 Å². The van der Waals surface area contributed by atoms with Gasteiger partial charge < -0.3 is 10.1 Å². The third kappa shape index (κ3) is 3.17. The van der Waals surface area contributed by atoms with Gasteiger partial charge >= 0.3 is 6.18 Å². The van der Waals surface area contributed by atoms with Crippen molar-refractivity contribution in [3.05, 3.63) is 59.0 Å². The van der Waals surface area contributed by atoms with Gasteiger partial charge in [0.25, 0.3) is 0 Å². The van der Waals surface area contributed by atoms with Crippen LogP contribution >= 0.6 is 0 Å². The lowest BCUT2D eigenvalue weighted by Gasteiger charge is -2.13. The Morgan fingerprint density at radius 2 is 2.08 bits per heavy atom. The first-order valence-electron chi connectivity index (χ1n) is 7.08. The molecule has 0 radical (unpaired) electrons. The lowest BCUT2D eigenvalue weighted by molar-refractivity contribution is -0.140. The first-order valence-corrected chi connectivity index (χ1v) is 7.08. The first-order chi connectivity index (χ1) is 11.4. The highest BCUT2D eigenvalue weighted by molar-refractivity contribution is 5.79. The molecule has 1 aromatic carbocycles. The molecule has 126 valence electrons. The fourth-order valence-electron chi connectivity index (χ4n) is 2.51. The van der Waals surface area contributed by atoms with Crippen molar-refractivity contribution in [3.63, 3.8) is 0 Å². The van der Waals surface area contributed by atoms with E-state index in [0.29, 0.717) is 17.5 Å². The molecule has 2 heterocycles. The van der Waals surface area contributed by atoms with Crippen LogP contribution in [0.4, 0.5) is 17.6 Å². The summed E-state index contributed by atoms with van der Waals surface area (Å²) >= 11 is 0. The molecule has 1 atom stereocenters. The molecule has 0 saturated heterocycles. The summed E-state index contributed by atoms with van der Waals surface area (Å²) in [5.41, 5.74) is -1.02. The van der Waals surface area contributed by atoms with Crippen LogP contribution < -0.4 is 10.1 Å². The minimum atomic E-state index is -4.81. The lowest BCUT2D eigenvalue weighted by Crippen LogP contribution is -2.31. The maximum atomic E-state index is 13.9. The number of hydrogen-bond acceptors (Lipinski definition) is 3. The van der Waals surface area contributed by atoms with E-state index in [9.17, 15) is 22.4 Å². The summed E-state index contributed by atoms with van der Waals surface area (Å²) in [7, 11) is 0. The number of carbonyl (C=O) groups excluding carboxylic acids is 1. The molecule has 0 aliphatic carbocycles. The van der Waals surface area contributed by atoms with Gasteiger partial charge in [0.1, 0.15) is 12.4 Å². The third-order valence-electron chi connectivity index (χ3n) is 3.63. The standard InChI is InChI=1S/C16H12F4N2O2/c17-14-9(3-1-5-11(14)16(18,19)20)7-13(23)22-12-8-24-15-10(12)4-2-6-21-15/h1-6,12H,7-8H2,(H,22,23). The molecular formula is C16H12F4N2O2. The number of alkyl halides is 3. The van der Waals surface area contributed by atoms with E-state index in [4.69, 9.17) is 4.74 Å². The van der Waals surface area contributed by atoms with Crippen LogP contribution in [0.1, 0.15) is 22.7 Å². The summed E-state index contributed by atoms with van der Waals surface area (Å²) in [4.78, 5) is 16.1. The Labute approximate surface area is 134 Å². The largest absolute Gasteiger partial charge is 0.475 e. The van der Waals surface area contributed by atoms with Crippen molar-refractivity contribution in [1.82, 2.24) is 10.3 Å². The summed E-state index contributed by atoms with van der Waals surface area (Å²) in [6.45, 7) is 0.170. The second-order valence-corrected chi connectivity index (χ2v) is 5.28. The molecule has 2 aromatic rings. The number of pyridine rings is 1. The van der Waals surface area contributed by atoms with E-state index in [1.165, 1.54) is 0 Å².